The van der Waals surface area contributed by atoms with E-state index in [2.05, 4.69) is 39.8 Å². The van der Waals surface area contributed by atoms with Gasteiger partial charge in [-0.1, -0.05) is 48.5 Å². The Hall–Kier alpha value is -2.70. The fraction of sp³-hybridized carbons (Fsp3) is 0.227. The van der Waals surface area contributed by atoms with Crippen LogP contribution in [0, 0.1) is 5.82 Å². The zero-order valence-corrected chi connectivity index (χ0v) is 16.1. The van der Waals surface area contributed by atoms with E-state index in [1.807, 2.05) is 6.07 Å². The number of rotatable bonds is 3. The molecule has 1 unspecified atom stereocenters. The third-order valence-electron chi connectivity index (χ3n) is 5.38. The topological polar surface area (TPSA) is 44.4 Å². The van der Waals surface area contributed by atoms with Gasteiger partial charge in [-0.2, -0.15) is 0 Å². The summed E-state index contributed by atoms with van der Waals surface area (Å²) < 4.78 is 14.2. The molecule has 28 heavy (non-hydrogen) atoms. The minimum Gasteiger partial charge on any atom is -0.353 e. The molecule has 5 rings (SSSR count). The summed E-state index contributed by atoms with van der Waals surface area (Å²) in [6, 6.07) is 17.0. The summed E-state index contributed by atoms with van der Waals surface area (Å²) in [6.07, 6.45) is 0.315. The molecule has 4 nitrogen and oxygen atoms in total. The summed E-state index contributed by atoms with van der Waals surface area (Å²) in [5, 5.41) is 7.10. The van der Waals surface area contributed by atoms with E-state index in [-0.39, 0.29) is 11.7 Å². The third-order valence-corrected chi connectivity index (χ3v) is 6.53. The monoisotopic (exact) mass is 393 g/mol. The molecule has 1 amide bonds. The van der Waals surface area contributed by atoms with E-state index < -0.39 is 6.17 Å². The maximum Gasteiger partial charge on any atom is 0.256 e. The van der Waals surface area contributed by atoms with Gasteiger partial charge in [-0.3, -0.25) is 9.69 Å². The number of nitrogens with one attached hydrogen (secondary N) is 2. The van der Waals surface area contributed by atoms with E-state index in [9.17, 15) is 9.18 Å². The highest BCUT2D eigenvalue weighted by Crippen LogP contribution is 2.41. The standard InChI is InChI=1S/C22H20FN3OS/c23-17-9-5-4-8-15(17)20-24-21(27)19-16-10-11-26(12-14-6-2-1-3-7-14)13-18(16)28-22(19)25-20/h1-9,20,25H,10-13H2,(H,24,27). The van der Waals surface area contributed by atoms with E-state index in [0.29, 0.717) is 5.56 Å². The van der Waals surface area contributed by atoms with Gasteiger partial charge in [0.2, 0.25) is 0 Å². The molecule has 0 saturated heterocycles. The summed E-state index contributed by atoms with van der Waals surface area (Å²) >= 11 is 1.62. The molecule has 2 aromatic carbocycles. The Bertz CT molecular complexity index is 1030. The molecule has 2 aliphatic rings. The zero-order valence-electron chi connectivity index (χ0n) is 15.2. The number of benzene rings is 2. The number of hydrogen-bond acceptors (Lipinski definition) is 4. The molecule has 2 aliphatic heterocycles. The van der Waals surface area contributed by atoms with Crippen molar-refractivity contribution < 1.29 is 9.18 Å². The Kier molecular flexibility index (Phi) is 4.37. The van der Waals surface area contributed by atoms with Gasteiger partial charge in [0.25, 0.3) is 5.91 Å². The second-order valence-corrected chi connectivity index (χ2v) is 8.33. The van der Waals surface area contributed by atoms with Gasteiger partial charge in [0.05, 0.1) is 5.56 Å². The zero-order chi connectivity index (χ0) is 19.1. The fourth-order valence-corrected chi connectivity index (χ4v) is 5.33. The van der Waals surface area contributed by atoms with Gasteiger partial charge in [-0.05, 0) is 23.6 Å². The van der Waals surface area contributed by atoms with Crippen LogP contribution >= 0.6 is 11.3 Å². The number of carbonyl (C=O) groups excluding carboxylic acids is 1. The molecule has 3 heterocycles. The van der Waals surface area contributed by atoms with E-state index in [1.54, 1.807) is 29.5 Å². The number of amides is 1. The molecular weight excluding hydrogens is 373 g/mol. The lowest BCUT2D eigenvalue weighted by Crippen LogP contribution is -2.39. The average Bonchev–Trinajstić information content (AvgIpc) is 3.07. The molecule has 142 valence electrons. The van der Waals surface area contributed by atoms with Gasteiger partial charge in [0.15, 0.2) is 0 Å². The SMILES string of the molecule is O=C1NC(c2ccccc2F)Nc2sc3c(c21)CCN(Cc1ccccc1)C3. The fourth-order valence-electron chi connectivity index (χ4n) is 4.01. The molecule has 0 saturated carbocycles. The van der Waals surface area contributed by atoms with Crippen LogP contribution in [0.4, 0.5) is 9.39 Å². The molecule has 0 bridgehead atoms. The lowest BCUT2D eigenvalue weighted by atomic mass is 10.00. The minimum absolute atomic E-state index is 0.115. The van der Waals surface area contributed by atoms with Gasteiger partial charge >= 0.3 is 0 Å². The molecule has 0 fully saturated rings. The number of anilines is 1. The number of hydrogen-bond donors (Lipinski definition) is 2. The third kappa shape index (κ3) is 3.08. The molecule has 0 aliphatic carbocycles. The summed E-state index contributed by atoms with van der Waals surface area (Å²) in [7, 11) is 0. The summed E-state index contributed by atoms with van der Waals surface area (Å²) in [5.74, 6) is -0.435. The summed E-state index contributed by atoms with van der Waals surface area (Å²) in [4.78, 5) is 16.4. The number of thiophene rings is 1. The smallest absolute Gasteiger partial charge is 0.256 e. The Balaban J connectivity index is 1.40. The molecule has 3 aromatic rings. The van der Waals surface area contributed by atoms with Crippen LogP contribution in [0.3, 0.4) is 0 Å². The van der Waals surface area contributed by atoms with Gasteiger partial charge < -0.3 is 10.6 Å². The van der Waals surface area contributed by atoms with Crippen molar-refractivity contribution in [3.8, 4) is 0 Å². The molecular formula is C22H20FN3OS. The first-order valence-electron chi connectivity index (χ1n) is 9.41. The van der Waals surface area contributed by atoms with Crippen molar-refractivity contribution in [3.05, 3.63) is 87.5 Å². The Morgan fingerprint density at radius 1 is 1.07 bits per heavy atom. The van der Waals surface area contributed by atoms with Crippen molar-refractivity contribution in [3.63, 3.8) is 0 Å². The number of fused-ring (bicyclic) bond motifs is 3. The molecule has 0 spiro atoms. The predicted octanol–water partition coefficient (Wildman–Crippen LogP) is 4.30. The van der Waals surface area contributed by atoms with Crippen molar-refractivity contribution in [1.29, 1.82) is 0 Å². The Morgan fingerprint density at radius 2 is 1.86 bits per heavy atom. The lowest BCUT2D eigenvalue weighted by molar-refractivity contribution is 0.0934. The highest BCUT2D eigenvalue weighted by Gasteiger charge is 2.34. The largest absolute Gasteiger partial charge is 0.353 e. The molecule has 0 radical (unpaired) electrons. The second-order valence-electron chi connectivity index (χ2n) is 7.23. The first-order chi connectivity index (χ1) is 13.7. The highest BCUT2D eigenvalue weighted by atomic mass is 32.1. The molecule has 2 N–H and O–H groups in total. The van der Waals surface area contributed by atoms with Crippen LogP contribution in [0.2, 0.25) is 0 Å². The van der Waals surface area contributed by atoms with Gasteiger partial charge in [-0.15, -0.1) is 11.3 Å². The van der Waals surface area contributed by atoms with E-state index in [1.165, 1.54) is 16.5 Å². The number of carbonyl (C=O) groups is 1. The van der Waals surface area contributed by atoms with Crippen LogP contribution in [0.5, 0.6) is 0 Å². The average molecular weight is 393 g/mol. The summed E-state index contributed by atoms with van der Waals surface area (Å²) in [6.45, 7) is 2.66. The highest BCUT2D eigenvalue weighted by molar-refractivity contribution is 7.16. The van der Waals surface area contributed by atoms with Gasteiger partial charge in [0, 0.05) is 30.1 Å². The Labute approximate surface area is 167 Å². The van der Waals surface area contributed by atoms with Crippen molar-refractivity contribution in [1.82, 2.24) is 10.2 Å². The van der Waals surface area contributed by atoms with Gasteiger partial charge in [-0.25, -0.2) is 4.39 Å². The van der Waals surface area contributed by atoms with Crippen LogP contribution in [0.25, 0.3) is 0 Å². The van der Waals surface area contributed by atoms with Crippen LogP contribution in [-0.4, -0.2) is 17.4 Å². The molecule has 6 heteroatoms. The van der Waals surface area contributed by atoms with E-state index in [4.69, 9.17) is 0 Å². The summed E-state index contributed by atoms with van der Waals surface area (Å²) in [5.41, 5.74) is 3.63. The Morgan fingerprint density at radius 3 is 2.68 bits per heavy atom. The molecule has 1 aromatic heterocycles. The van der Waals surface area contributed by atoms with E-state index >= 15 is 0 Å². The van der Waals surface area contributed by atoms with Crippen molar-refractivity contribution >= 4 is 22.2 Å². The van der Waals surface area contributed by atoms with Crippen LogP contribution in [0.15, 0.2) is 54.6 Å². The van der Waals surface area contributed by atoms with Crippen LogP contribution < -0.4 is 10.6 Å². The minimum atomic E-state index is -0.540. The van der Waals surface area contributed by atoms with Crippen molar-refractivity contribution in [2.45, 2.75) is 25.7 Å². The first kappa shape index (κ1) is 17.4. The normalized spacial score (nSPS) is 18.8. The quantitative estimate of drug-likeness (QED) is 0.697. The van der Waals surface area contributed by atoms with E-state index in [0.717, 1.165) is 42.2 Å². The van der Waals surface area contributed by atoms with Gasteiger partial charge in [0.1, 0.15) is 17.0 Å². The number of nitrogens with zero attached hydrogens (tertiary/aromatic N) is 1. The second kappa shape index (κ2) is 7.04. The molecule has 1 atom stereocenters. The van der Waals surface area contributed by atoms with Crippen molar-refractivity contribution in [2.75, 3.05) is 11.9 Å². The maximum absolute atomic E-state index is 14.2. The first-order valence-corrected chi connectivity index (χ1v) is 10.2. The maximum atomic E-state index is 14.2. The van der Waals surface area contributed by atoms with Crippen LogP contribution in [0.1, 0.15) is 38.1 Å². The van der Waals surface area contributed by atoms with Crippen LogP contribution in [-0.2, 0) is 19.5 Å². The van der Waals surface area contributed by atoms with Crippen molar-refractivity contribution in [2.24, 2.45) is 0 Å². The predicted molar refractivity (Wildman–Crippen MR) is 109 cm³/mol. The lowest BCUT2D eigenvalue weighted by Gasteiger charge is -2.28. The number of halogens is 1.